The van der Waals surface area contributed by atoms with E-state index in [4.69, 9.17) is 4.74 Å². The Balaban J connectivity index is 4.06. The molecule has 0 aromatic heterocycles. The van der Waals surface area contributed by atoms with E-state index in [2.05, 4.69) is 4.74 Å². The molecule has 0 radical (unpaired) electrons. The average Bonchev–Trinajstić information content (AvgIpc) is 1.99. The molecule has 10 heavy (non-hydrogen) atoms. The van der Waals surface area contributed by atoms with Gasteiger partial charge < -0.3 is 9.47 Å². The van der Waals surface area contributed by atoms with E-state index >= 15 is 0 Å². The van der Waals surface area contributed by atoms with Gasteiger partial charge in [-0.15, -0.1) is 0 Å². The number of methoxy groups -OCH3 is 2. The molecule has 0 bridgehead atoms. The largest absolute Gasteiger partial charge is 0.490 e. The number of esters is 1. The lowest BCUT2D eigenvalue weighted by Gasteiger charge is -2.01. The topological polar surface area (TPSA) is 35.5 Å². The Kier molecular flexibility index (Phi) is 4.37. The van der Waals surface area contributed by atoms with Gasteiger partial charge in [-0.05, 0) is 12.5 Å². The number of hydrogen-bond donors (Lipinski definition) is 0. The summed E-state index contributed by atoms with van der Waals surface area (Å²) in [6.07, 6.45) is 2.43. The Morgan fingerprint density at radius 1 is 1.40 bits per heavy atom. The summed E-state index contributed by atoms with van der Waals surface area (Å²) in [7, 11) is 2.77. The van der Waals surface area contributed by atoms with Crippen LogP contribution in [0.25, 0.3) is 0 Å². The lowest BCUT2D eigenvalue weighted by Crippen LogP contribution is -2.05. The summed E-state index contributed by atoms with van der Waals surface area (Å²) in [4.78, 5) is 10.7. The highest BCUT2D eigenvalue weighted by Gasteiger charge is 2.06. The monoisotopic (exact) mass is 144 g/mol. The summed E-state index contributed by atoms with van der Waals surface area (Å²) >= 11 is 0. The number of hydrogen-bond acceptors (Lipinski definition) is 3. The summed E-state index contributed by atoms with van der Waals surface area (Å²) in [5.41, 5.74) is 0. The molecule has 3 nitrogen and oxygen atoms in total. The van der Waals surface area contributed by atoms with Gasteiger partial charge in [0.1, 0.15) is 0 Å². The predicted molar refractivity (Wildman–Crippen MR) is 37.4 cm³/mol. The van der Waals surface area contributed by atoms with Crippen LogP contribution in [-0.4, -0.2) is 20.2 Å². The molecule has 0 N–H and O–H groups in total. The van der Waals surface area contributed by atoms with Crippen molar-refractivity contribution < 1.29 is 14.3 Å². The minimum atomic E-state index is -0.427. The zero-order chi connectivity index (χ0) is 7.98. The molecule has 0 saturated heterocycles. The lowest BCUT2D eigenvalue weighted by molar-refractivity contribution is -0.139. The maximum absolute atomic E-state index is 10.7. The van der Waals surface area contributed by atoms with Crippen molar-refractivity contribution >= 4 is 5.97 Å². The van der Waals surface area contributed by atoms with Gasteiger partial charge in [0.25, 0.3) is 0 Å². The van der Waals surface area contributed by atoms with Gasteiger partial charge in [0.2, 0.25) is 0 Å². The zero-order valence-electron chi connectivity index (χ0n) is 6.51. The van der Waals surface area contributed by atoms with E-state index in [0.29, 0.717) is 0 Å². The van der Waals surface area contributed by atoms with Crippen molar-refractivity contribution in [2.45, 2.75) is 13.3 Å². The normalized spacial score (nSPS) is 10.9. The van der Waals surface area contributed by atoms with Crippen molar-refractivity contribution in [2.75, 3.05) is 14.2 Å². The SMILES string of the molecule is CC/C=C(\OC)C(=O)OC. The lowest BCUT2D eigenvalue weighted by atomic mass is 10.4. The molecule has 0 heterocycles. The molecule has 0 unspecified atom stereocenters. The third kappa shape index (κ3) is 2.53. The Labute approximate surface area is 60.6 Å². The van der Waals surface area contributed by atoms with Crippen molar-refractivity contribution in [1.29, 1.82) is 0 Å². The van der Waals surface area contributed by atoms with E-state index in [1.165, 1.54) is 14.2 Å². The third-order valence-electron chi connectivity index (χ3n) is 0.996. The first-order valence-electron chi connectivity index (χ1n) is 3.08. The highest BCUT2D eigenvalue weighted by Crippen LogP contribution is 1.98. The molecule has 0 fully saturated rings. The maximum atomic E-state index is 10.7. The fourth-order valence-electron chi connectivity index (χ4n) is 0.536. The number of carbonyl (C=O) groups excluding carboxylic acids is 1. The van der Waals surface area contributed by atoms with Crippen LogP contribution in [0, 0.1) is 0 Å². The van der Waals surface area contributed by atoms with Crippen molar-refractivity contribution in [2.24, 2.45) is 0 Å². The molecule has 0 aromatic rings. The molecule has 0 aliphatic rings. The molecule has 0 saturated carbocycles. The number of ether oxygens (including phenoxy) is 2. The van der Waals surface area contributed by atoms with E-state index in [9.17, 15) is 4.79 Å². The van der Waals surface area contributed by atoms with Crippen LogP contribution in [0.5, 0.6) is 0 Å². The fraction of sp³-hybridized carbons (Fsp3) is 0.571. The third-order valence-corrected chi connectivity index (χ3v) is 0.996. The highest BCUT2D eigenvalue weighted by atomic mass is 16.6. The minimum Gasteiger partial charge on any atom is -0.490 e. The molecule has 0 aliphatic heterocycles. The van der Waals surface area contributed by atoms with Crippen LogP contribution in [0.4, 0.5) is 0 Å². The van der Waals surface area contributed by atoms with Gasteiger partial charge in [-0.25, -0.2) is 4.79 Å². The van der Waals surface area contributed by atoms with Crippen molar-refractivity contribution in [3.63, 3.8) is 0 Å². The molecule has 0 rings (SSSR count). The average molecular weight is 144 g/mol. The summed E-state index contributed by atoms with van der Waals surface area (Å²) < 4.78 is 9.15. The van der Waals surface area contributed by atoms with Crippen LogP contribution in [0.1, 0.15) is 13.3 Å². The second-order valence-electron chi connectivity index (χ2n) is 1.67. The second-order valence-corrected chi connectivity index (χ2v) is 1.67. The highest BCUT2D eigenvalue weighted by molar-refractivity contribution is 5.85. The standard InChI is InChI=1S/C7H12O3/c1-4-5-6(9-2)7(8)10-3/h5H,4H2,1-3H3/b6-5-. The number of rotatable bonds is 3. The molecule has 3 heteroatoms. The van der Waals surface area contributed by atoms with Crippen LogP contribution in [0.15, 0.2) is 11.8 Å². The summed E-state index contributed by atoms with van der Waals surface area (Å²) in [5.74, 6) is -0.158. The van der Waals surface area contributed by atoms with Crippen LogP contribution in [0.2, 0.25) is 0 Å². The molecular weight excluding hydrogens is 132 g/mol. The predicted octanol–water partition coefficient (Wildman–Crippen LogP) is 1.10. The van der Waals surface area contributed by atoms with E-state index < -0.39 is 5.97 Å². The van der Waals surface area contributed by atoms with Crippen LogP contribution in [0.3, 0.4) is 0 Å². The van der Waals surface area contributed by atoms with Gasteiger partial charge in [0, 0.05) is 0 Å². The summed E-state index contributed by atoms with van der Waals surface area (Å²) in [6, 6.07) is 0. The zero-order valence-corrected chi connectivity index (χ0v) is 6.51. The van der Waals surface area contributed by atoms with Gasteiger partial charge in [-0.1, -0.05) is 6.92 Å². The smallest absolute Gasteiger partial charge is 0.372 e. The molecule has 0 aliphatic carbocycles. The van der Waals surface area contributed by atoms with Crippen LogP contribution < -0.4 is 0 Å². The van der Waals surface area contributed by atoms with Crippen molar-refractivity contribution in [3.05, 3.63) is 11.8 Å². The molecule has 0 atom stereocenters. The second kappa shape index (κ2) is 4.85. The maximum Gasteiger partial charge on any atom is 0.372 e. The van der Waals surface area contributed by atoms with Crippen LogP contribution in [-0.2, 0) is 14.3 Å². The Bertz CT molecular complexity index is 138. The molecular formula is C7H12O3. The fourth-order valence-corrected chi connectivity index (χ4v) is 0.536. The Morgan fingerprint density at radius 3 is 2.30 bits per heavy atom. The Morgan fingerprint density at radius 2 is 2.00 bits per heavy atom. The van der Waals surface area contributed by atoms with E-state index in [1.54, 1.807) is 6.08 Å². The van der Waals surface area contributed by atoms with Crippen molar-refractivity contribution in [3.8, 4) is 0 Å². The van der Waals surface area contributed by atoms with E-state index in [0.717, 1.165) is 6.42 Å². The van der Waals surface area contributed by atoms with E-state index in [1.807, 2.05) is 6.92 Å². The van der Waals surface area contributed by atoms with Crippen molar-refractivity contribution in [1.82, 2.24) is 0 Å². The number of allylic oxidation sites excluding steroid dienone is 1. The summed E-state index contributed by atoms with van der Waals surface area (Å²) in [6.45, 7) is 1.92. The first kappa shape index (κ1) is 9.01. The molecule has 0 amide bonds. The van der Waals surface area contributed by atoms with Gasteiger partial charge in [0.15, 0.2) is 5.76 Å². The molecule has 58 valence electrons. The first-order chi connectivity index (χ1) is 4.76. The molecule has 0 spiro atoms. The Hall–Kier alpha value is -0.990. The first-order valence-corrected chi connectivity index (χ1v) is 3.08. The minimum absolute atomic E-state index is 0.269. The number of carbonyl (C=O) groups is 1. The summed E-state index contributed by atoms with van der Waals surface area (Å²) in [5, 5.41) is 0. The van der Waals surface area contributed by atoms with Gasteiger partial charge in [-0.3, -0.25) is 0 Å². The van der Waals surface area contributed by atoms with Gasteiger partial charge >= 0.3 is 5.97 Å². The quantitative estimate of drug-likeness (QED) is 0.338. The molecule has 0 aromatic carbocycles. The van der Waals surface area contributed by atoms with Gasteiger partial charge in [-0.2, -0.15) is 0 Å². The van der Waals surface area contributed by atoms with Crippen LogP contribution >= 0.6 is 0 Å². The van der Waals surface area contributed by atoms with E-state index in [-0.39, 0.29) is 5.76 Å². The van der Waals surface area contributed by atoms with Gasteiger partial charge in [0.05, 0.1) is 14.2 Å².